The Bertz CT molecular complexity index is 1730. The zero-order chi connectivity index (χ0) is 36.9. The molecule has 0 aliphatic rings. The fourth-order valence-electron chi connectivity index (χ4n) is 4.73. The number of rotatable bonds is 10. The van der Waals surface area contributed by atoms with Gasteiger partial charge in [0.2, 0.25) is 0 Å². The summed E-state index contributed by atoms with van der Waals surface area (Å²) in [7, 11) is -8.41. The van der Waals surface area contributed by atoms with Gasteiger partial charge in [0.15, 0.2) is 25.6 Å². The number of aryl methyl sites for hydroxylation is 2. The highest BCUT2D eigenvalue weighted by Gasteiger charge is 2.41. The van der Waals surface area contributed by atoms with E-state index in [9.17, 15) is 52.8 Å². The van der Waals surface area contributed by atoms with Crippen molar-refractivity contribution >= 4 is 37.5 Å². The Morgan fingerprint density at radius 1 is 0.702 bits per heavy atom. The van der Waals surface area contributed by atoms with Gasteiger partial charge in [0, 0.05) is 5.56 Å². The number of hydrogen-bond donors (Lipinski definition) is 3. The maximum atomic E-state index is 13.4. The first-order valence-electron chi connectivity index (χ1n) is 14.1. The van der Waals surface area contributed by atoms with Crippen LogP contribution in [0.15, 0.2) is 39.0 Å². The molecule has 0 spiro atoms. The minimum Gasteiger partial charge on any atom is -0.478 e. The molecule has 47 heavy (non-hydrogen) atoms. The van der Waals surface area contributed by atoms with E-state index >= 15 is 0 Å². The van der Waals surface area contributed by atoms with Crippen LogP contribution in [-0.2, 0) is 32.0 Å². The number of carboxylic acids is 1. The van der Waals surface area contributed by atoms with E-state index in [0.29, 0.717) is 12.1 Å². The molecule has 0 bridgehead atoms. The van der Waals surface area contributed by atoms with Gasteiger partial charge in [-0.3, -0.25) is 4.79 Å². The first-order chi connectivity index (χ1) is 21.3. The minimum atomic E-state index is -4.96. The van der Waals surface area contributed by atoms with Crippen molar-refractivity contribution in [3.63, 3.8) is 0 Å². The minimum absolute atomic E-state index is 0.0231. The average Bonchev–Trinajstić information content (AvgIpc) is 2.92. The molecule has 0 saturated carbocycles. The van der Waals surface area contributed by atoms with Gasteiger partial charge in [-0.1, -0.05) is 27.7 Å². The second-order valence-corrected chi connectivity index (χ2v) is 14.8. The number of alkyl halides is 6. The Morgan fingerprint density at radius 3 is 1.30 bits per heavy atom. The summed E-state index contributed by atoms with van der Waals surface area (Å²) in [5, 5.41) is 7.04. The van der Waals surface area contributed by atoms with Crippen LogP contribution in [0.3, 0.4) is 0 Å². The third-order valence-electron chi connectivity index (χ3n) is 7.27. The SMILES string of the molecule is CCC(CC)S(=O)(=O)c1cc(C)c(C(=O)N=C(N)N)cc1C(F)(F)F.CCC(CC)S(=O)(=O)c1cc(C)c(C(=O)O)cc1C(F)(F)F. The molecule has 0 aliphatic carbocycles. The first-order valence-corrected chi connectivity index (χ1v) is 17.2. The van der Waals surface area contributed by atoms with E-state index in [0.717, 1.165) is 12.1 Å². The summed E-state index contributed by atoms with van der Waals surface area (Å²) in [6, 6.07) is 2.54. The molecule has 0 radical (unpaired) electrons. The van der Waals surface area contributed by atoms with Crippen molar-refractivity contribution in [2.45, 2.75) is 99.9 Å². The number of nitrogens with two attached hydrogens (primary N) is 2. The normalized spacial score (nSPS) is 12.5. The first kappa shape index (κ1) is 41.4. The fraction of sp³-hybridized carbons (Fsp3) is 0.483. The van der Waals surface area contributed by atoms with E-state index in [2.05, 4.69) is 4.99 Å². The predicted molar refractivity (Wildman–Crippen MR) is 163 cm³/mol. The van der Waals surface area contributed by atoms with Gasteiger partial charge in [-0.05, 0) is 74.9 Å². The van der Waals surface area contributed by atoms with Gasteiger partial charge in [0.25, 0.3) is 5.91 Å². The van der Waals surface area contributed by atoms with Crippen molar-refractivity contribution in [3.05, 3.63) is 57.6 Å². The maximum Gasteiger partial charge on any atom is 0.417 e. The van der Waals surface area contributed by atoms with Crippen LogP contribution >= 0.6 is 0 Å². The Morgan fingerprint density at radius 2 is 1.02 bits per heavy atom. The lowest BCUT2D eigenvalue weighted by molar-refractivity contribution is -0.140. The van der Waals surface area contributed by atoms with Gasteiger partial charge in [0.1, 0.15) is 0 Å². The van der Waals surface area contributed by atoms with Gasteiger partial charge in [0.05, 0.1) is 37.0 Å². The molecular formula is C29H37F6N3O7S2. The molecule has 0 unspecified atom stereocenters. The summed E-state index contributed by atoms with van der Waals surface area (Å²) in [6.45, 7) is 8.93. The summed E-state index contributed by atoms with van der Waals surface area (Å²) in [5.41, 5.74) is 6.34. The van der Waals surface area contributed by atoms with E-state index in [4.69, 9.17) is 16.6 Å². The van der Waals surface area contributed by atoms with Crippen LogP contribution in [0, 0.1) is 13.8 Å². The fourth-order valence-corrected chi connectivity index (χ4v) is 8.85. The number of guanidine groups is 1. The van der Waals surface area contributed by atoms with Gasteiger partial charge >= 0.3 is 18.3 Å². The molecule has 2 aromatic carbocycles. The third kappa shape index (κ3) is 9.68. The van der Waals surface area contributed by atoms with Crippen LogP contribution in [0.1, 0.15) is 96.3 Å². The summed E-state index contributed by atoms with van der Waals surface area (Å²) < 4.78 is 130. The second kappa shape index (κ2) is 15.5. The monoisotopic (exact) mass is 717 g/mol. The Hall–Kier alpha value is -3.67. The number of sulfone groups is 2. The van der Waals surface area contributed by atoms with Crippen LogP contribution in [-0.4, -0.2) is 50.3 Å². The van der Waals surface area contributed by atoms with Crippen LogP contribution in [0.25, 0.3) is 0 Å². The molecule has 0 atom stereocenters. The van der Waals surface area contributed by atoms with Gasteiger partial charge in [-0.25, -0.2) is 21.6 Å². The number of nitrogens with zero attached hydrogens (tertiary/aromatic N) is 1. The number of hydrogen-bond acceptors (Lipinski definition) is 6. The van der Waals surface area contributed by atoms with Crippen molar-refractivity contribution in [3.8, 4) is 0 Å². The lowest BCUT2D eigenvalue weighted by atomic mass is 10.0. The zero-order valence-electron chi connectivity index (χ0n) is 26.4. The Labute approximate surface area is 269 Å². The molecule has 18 heteroatoms. The van der Waals surface area contributed by atoms with E-state index in [-0.39, 0.29) is 36.8 Å². The summed E-state index contributed by atoms with van der Waals surface area (Å²) in [5.74, 6) is -3.21. The molecule has 0 aromatic heterocycles. The van der Waals surface area contributed by atoms with Crippen molar-refractivity contribution in [1.29, 1.82) is 0 Å². The van der Waals surface area contributed by atoms with Crippen LogP contribution in [0.2, 0.25) is 0 Å². The molecule has 2 rings (SSSR count). The third-order valence-corrected chi connectivity index (χ3v) is 12.3. The number of halogens is 6. The standard InChI is InChI=1S/C15H20F3N3O3S.C14H17F3O4S/c1-4-9(5-2)25(23,24)12-6-8(3)10(13(22)21-14(19)20)7-11(12)15(16,17)18;1-4-9(5-2)22(20,21)12-6-8(3)10(13(18)19)7-11(12)14(15,16)17/h6-7,9H,4-5H2,1-3H3,(H4,19,20,21,22);6-7,9H,4-5H2,1-3H3,(H,18,19). The van der Waals surface area contributed by atoms with Gasteiger partial charge in [-0.2, -0.15) is 31.3 Å². The zero-order valence-corrected chi connectivity index (χ0v) is 28.0. The summed E-state index contributed by atoms with van der Waals surface area (Å²) in [6.07, 6.45) is -9.22. The van der Waals surface area contributed by atoms with Crippen LogP contribution in [0.4, 0.5) is 26.3 Å². The number of aromatic carboxylic acids is 1. The lowest BCUT2D eigenvalue weighted by Crippen LogP contribution is -2.25. The average molecular weight is 718 g/mol. The molecule has 0 heterocycles. The number of amides is 1. The summed E-state index contributed by atoms with van der Waals surface area (Å²) >= 11 is 0. The highest BCUT2D eigenvalue weighted by molar-refractivity contribution is 7.92. The quantitative estimate of drug-likeness (QED) is 0.149. The Balaban J connectivity index is 0.000000474. The van der Waals surface area contributed by atoms with Crippen molar-refractivity contribution in [2.24, 2.45) is 16.5 Å². The molecule has 0 saturated heterocycles. The molecule has 0 aliphatic heterocycles. The van der Waals surface area contributed by atoms with E-state index in [1.807, 2.05) is 0 Å². The molecule has 10 nitrogen and oxygen atoms in total. The summed E-state index contributed by atoms with van der Waals surface area (Å²) in [4.78, 5) is 24.4. The van der Waals surface area contributed by atoms with E-state index in [1.165, 1.54) is 13.8 Å². The number of carbonyl (C=O) groups excluding carboxylic acids is 1. The van der Waals surface area contributed by atoms with Gasteiger partial charge in [-0.15, -0.1) is 0 Å². The number of aliphatic imine (C=N–C) groups is 1. The highest BCUT2D eigenvalue weighted by Crippen LogP contribution is 2.39. The molecule has 2 aromatic rings. The molecule has 264 valence electrons. The van der Waals surface area contributed by atoms with Gasteiger partial charge < -0.3 is 16.6 Å². The molecule has 5 N–H and O–H groups in total. The topological polar surface area (TPSA) is 187 Å². The number of carboxylic acid groups (broad SMARTS) is 1. The van der Waals surface area contributed by atoms with Crippen molar-refractivity contribution in [2.75, 3.05) is 0 Å². The number of carbonyl (C=O) groups is 2. The Kier molecular flexibility index (Phi) is 13.6. The van der Waals surface area contributed by atoms with Crippen molar-refractivity contribution in [1.82, 2.24) is 0 Å². The second-order valence-electron chi connectivity index (χ2n) is 10.4. The molecular weight excluding hydrogens is 680 g/mol. The van der Waals surface area contributed by atoms with Crippen LogP contribution in [0.5, 0.6) is 0 Å². The van der Waals surface area contributed by atoms with Crippen LogP contribution < -0.4 is 11.5 Å². The highest BCUT2D eigenvalue weighted by atomic mass is 32.2. The largest absolute Gasteiger partial charge is 0.478 e. The van der Waals surface area contributed by atoms with E-state index in [1.54, 1.807) is 27.7 Å². The molecule has 0 fully saturated rings. The maximum absolute atomic E-state index is 13.4. The molecule has 1 amide bonds. The van der Waals surface area contributed by atoms with Crippen molar-refractivity contribution < 1.29 is 57.9 Å². The predicted octanol–water partition coefficient (Wildman–Crippen LogP) is 6.06. The number of benzene rings is 2. The smallest absolute Gasteiger partial charge is 0.417 e. The lowest BCUT2D eigenvalue weighted by Gasteiger charge is -2.20. The van der Waals surface area contributed by atoms with E-state index < -0.39 is 92.4 Å².